The second-order valence-corrected chi connectivity index (χ2v) is 2.48. The van der Waals surface area contributed by atoms with Crippen LogP contribution in [0.1, 0.15) is 6.42 Å². The van der Waals surface area contributed by atoms with Crippen LogP contribution in [0, 0.1) is 0 Å². The molecule has 0 saturated carbocycles. The number of hydrogen-bond donors (Lipinski definition) is 3. The van der Waals surface area contributed by atoms with Gasteiger partial charge >= 0.3 is 5.97 Å². The highest BCUT2D eigenvalue weighted by Crippen LogP contribution is 2.14. The van der Waals surface area contributed by atoms with Crippen LogP contribution in [-0.2, 0) is 9.53 Å². The Hall–Kier alpha value is -0.650. The first kappa shape index (κ1) is 8.45. The Morgan fingerprint density at radius 2 is 2.09 bits per heavy atom. The van der Waals surface area contributed by atoms with Crippen LogP contribution >= 0.6 is 0 Å². The number of aliphatic hydroxyl groups excluding tert-OH is 2. The maximum Gasteiger partial charge on any atom is 0.335 e. The van der Waals surface area contributed by atoms with Gasteiger partial charge in [-0.15, -0.1) is 0 Å². The highest BCUT2D eigenvalue weighted by molar-refractivity contribution is 5.73. The first-order chi connectivity index (χ1) is 5.13. The van der Waals surface area contributed by atoms with Crippen molar-refractivity contribution in [1.82, 2.24) is 0 Å². The molecule has 1 aliphatic rings. The number of carbonyl (C=O) groups is 1. The Bertz CT molecular complexity index is 157. The number of aliphatic hydroxyl groups is 2. The molecule has 3 atom stereocenters. The molecule has 0 bridgehead atoms. The SMILES string of the molecule is O=C(O)C1OCC[C@H](O)[C@H]1O. The lowest BCUT2D eigenvalue weighted by atomic mass is 10.0. The molecule has 1 rings (SSSR count). The Kier molecular flexibility index (Phi) is 2.43. The fourth-order valence-electron chi connectivity index (χ4n) is 1.00. The highest BCUT2D eigenvalue weighted by atomic mass is 16.5. The number of ether oxygens (including phenoxy) is 1. The summed E-state index contributed by atoms with van der Waals surface area (Å²) in [6.07, 6.45) is -3.28. The molecule has 1 fully saturated rings. The summed E-state index contributed by atoms with van der Waals surface area (Å²) >= 11 is 0. The number of hydrogen-bond acceptors (Lipinski definition) is 4. The third kappa shape index (κ3) is 1.68. The van der Waals surface area contributed by atoms with E-state index in [1.807, 2.05) is 0 Å². The van der Waals surface area contributed by atoms with E-state index in [0.717, 1.165) is 0 Å². The zero-order valence-electron chi connectivity index (χ0n) is 5.80. The number of rotatable bonds is 1. The first-order valence-corrected chi connectivity index (χ1v) is 3.33. The first-order valence-electron chi connectivity index (χ1n) is 3.33. The van der Waals surface area contributed by atoms with Gasteiger partial charge in [0.25, 0.3) is 0 Å². The van der Waals surface area contributed by atoms with Gasteiger partial charge in [-0.2, -0.15) is 0 Å². The normalized spacial score (nSPS) is 38.5. The van der Waals surface area contributed by atoms with Gasteiger partial charge in [0, 0.05) is 0 Å². The van der Waals surface area contributed by atoms with Crippen LogP contribution in [0.4, 0.5) is 0 Å². The molecule has 0 aliphatic carbocycles. The van der Waals surface area contributed by atoms with Gasteiger partial charge in [0.05, 0.1) is 12.7 Å². The van der Waals surface area contributed by atoms with E-state index in [4.69, 9.17) is 20.1 Å². The molecule has 3 N–H and O–H groups in total. The van der Waals surface area contributed by atoms with Crippen LogP contribution in [0.25, 0.3) is 0 Å². The molecule has 0 aromatic heterocycles. The standard InChI is InChI=1S/C6H10O5/c7-3-1-2-11-5(4(3)8)6(9)10/h3-5,7-8H,1-2H2,(H,9,10)/t3-,4+,5?/m0/s1. The number of aliphatic carboxylic acids is 1. The van der Waals surface area contributed by atoms with E-state index >= 15 is 0 Å². The van der Waals surface area contributed by atoms with Crippen molar-refractivity contribution in [3.05, 3.63) is 0 Å². The summed E-state index contributed by atoms with van der Waals surface area (Å²) < 4.78 is 4.71. The minimum atomic E-state index is -1.30. The van der Waals surface area contributed by atoms with Crippen LogP contribution in [0.2, 0.25) is 0 Å². The van der Waals surface area contributed by atoms with Crippen LogP contribution in [0.15, 0.2) is 0 Å². The van der Waals surface area contributed by atoms with Gasteiger partial charge < -0.3 is 20.1 Å². The van der Waals surface area contributed by atoms with Crippen molar-refractivity contribution < 1.29 is 24.9 Å². The van der Waals surface area contributed by atoms with E-state index in [2.05, 4.69) is 0 Å². The van der Waals surface area contributed by atoms with Crippen molar-refractivity contribution in [3.8, 4) is 0 Å². The average Bonchev–Trinajstić information content (AvgIpc) is 1.94. The minimum absolute atomic E-state index is 0.176. The zero-order chi connectivity index (χ0) is 8.43. The molecular weight excluding hydrogens is 152 g/mol. The van der Waals surface area contributed by atoms with E-state index in [9.17, 15) is 4.79 Å². The van der Waals surface area contributed by atoms with Gasteiger partial charge in [-0.1, -0.05) is 0 Å². The summed E-state index contributed by atoms with van der Waals surface area (Å²) in [6, 6.07) is 0. The van der Waals surface area contributed by atoms with Crippen molar-refractivity contribution >= 4 is 5.97 Å². The van der Waals surface area contributed by atoms with Crippen LogP contribution in [0.5, 0.6) is 0 Å². The van der Waals surface area contributed by atoms with Crippen molar-refractivity contribution in [2.45, 2.75) is 24.7 Å². The molecule has 0 spiro atoms. The van der Waals surface area contributed by atoms with Crippen LogP contribution in [-0.4, -0.2) is 46.2 Å². The summed E-state index contributed by atoms with van der Waals surface area (Å²) in [6.45, 7) is 0.176. The quantitative estimate of drug-likeness (QED) is 0.440. The Labute approximate surface area is 63.2 Å². The van der Waals surface area contributed by atoms with Crippen molar-refractivity contribution in [2.24, 2.45) is 0 Å². The number of carboxylic acids is 1. The predicted molar refractivity (Wildman–Crippen MR) is 34.0 cm³/mol. The van der Waals surface area contributed by atoms with Gasteiger partial charge in [0.2, 0.25) is 0 Å². The maximum absolute atomic E-state index is 10.3. The molecule has 11 heavy (non-hydrogen) atoms. The fourth-order valence-corrected chi connectivity index (χ4v) is 1.00. The molecule has 5 heteroatoms. The Balaban J connectivity index is 2.58. The number of carboxylic acid groups (broad SMARTS) is 1. The van der Waals surface area contributed by atoms with Crippen molar-refractivity contribution in [3.63, 3.8) is 0 Å². The third-order valence-corrected chi connectivity index (χ3v) is 1.66. The molecule has 0 radical (unpaired) electrons. The van der Waals surface area contributed by atoms with Crippen LogP contribution in [0.3, 0.4) is 0 Å². The van der Waals surface area contributed by atoms with Gasteiger partial charge in [0.15, 0.2) is 6.10 Å². The summed E-state index contributed by atoms with van der Waals surface area (Å²) in [7, 11) is 0. The second kappa shape index (κ2) is 3.17. The van der Waals surface area contributed by atoms with E-state index in [0.29, 0.717) is 0 Å². The lowest BCUT2D eigenvalue weighted by Gasteiger charge is -2.28. The Morgan fingerprint density at radius 1 is 1.45 bits per heavy atom. The fraction of sp³-hybridized carbons (Fsp3) is 0.833. The molecule has 5 nitrogen and oxygen atoms in total. The van der Waals surface area contributed by atoms with Crippen molar-refractivity contribution in [1.29, 1.82) is 0 Å². The molecular formula is C6H10O5. The summed E-state index contributed by atoms with van der Waals surface area (Å²) in [4.78, 5) is 10.3. The van der Waals surface area contributed by atoms with Gasteiger partial charge in [-0.05, 0) is 6.42 Å². The van der Waals surface area contributed by atoms with E-state index in [1.54, 1.807) is 0 Å². The molecule has 64 valence electrons. The topological polar surface area (TPSA) is 87.0 Å². The Morgan fingerprint density at radius 3 is 2.55 bits per heavy atom. The average molecular weight is 162 g/mol. The summed E-state index contributed by atoms with van der Waals surface area (Å²) in [5.41, 5.74) is 0. The van der Waals surface area contributed by atoms with Crippen LogP contribution < -0.4 is 0 Å². The molecule has 0 amide bonds. The molecule has 1 heterocycles. The summed E-state index contributed by atoms with van der Waals surface area (Å²) in [5.74, 6) is -1.24. The van der Waals surface area contributed by atoms with Gasteiger partial charge in [0.1, 0.15) is 6.10 Å². The smallest absolute Gasteiger partial charge is 0.335 e. The monoisotopic (exact) mass is 162 g/mol. The van der Waals surface area contributed by atoms with E-state index in [1.165, 1.54) is 0 Å². The van der Waals surface area contributed by atoms with Crippen molar-refractivity contribution in [2.75, 3.05) is 6.61 Å². The molecule has 1 saturated heterocycles. The summed E-state index contributed by atoms with van der Waals surface area (Å²) in [5, 5.41) is 26.5. The maximum atomic E-state index is 10.3. The molecule has 1 aliphatic heterocycles. The molecule has 0 aromatic rings. The lowest BCUT2D eigenvalue weighted by molar-refractivity contribution is -0.177. The van der Waals surface area contributed by atoms with E-state index < -0.39 is 24.3 Å². The lowest BCUT2D eigenvalue weighted by Crippen LogP contribution is -2.48. The van der Waals surface area contributed by atoms with E-state index in [-0.39, 0.29) is 13.0 Å². The zero-order valence-corrected chi connectivity index (χ0v) is 5.80. The van der Waals surface area contributed by atoms with Gasteiger partial charge in [-0.3, -0.25) is 0 Å². The van der Waals surface area contributed by atoms with Gasteiger partial charge in [-0.25, -0.2) is 4.79 Å². The predicted octanol–water partition coefficient (Wildman–Crippen LogP) is -1.42. The second-order valence-electron chi connectivity index (χ2n) is 2.48. The highest BCUT2D eigenvalue weighted by Gasteiger charge is 2.36. The minimum Gasteiger partial charge on any atom is -0.479 e. The molecule has 0 aromatic carbocycles. The largest absolute Gasteiger partial charge is 0.479 e. The molecule has 1 unspecified atom stereocenters. The third-order valence-electron chi connectivity index (χ3n) is 1.66.